The Hall–Kier alpha value is -0.200. The standard InChI is InChI=1S/C34H64N4O/c1-23(9-12-30-34(5,39)38-30)27-10-11-28-31-24(2)21-25-22-26(37-20-8-19-36-18-7-6-17-35)13-15-32(25,3)29(31)14-16-33(27,28)4/h23-31,36-39H,6-22,35H2,1-5H3. The molecule has 0 aromatic carbocycles. The summed E-state index contributed by atoms with van der Waals surface area (Å²) in [7, 11) is 0. The molecule has 12 unspecified atom stereocenters. The average molecular weight is 545 g/mol. The Morgan fingerprint density at radius 2 is 1.64 bits per heavy atom. The quantitative estimate of drug-likeness (QED) is 0.152. The molecule has 0 radical (unpaired) electrons. The molecule has 0 spiro atoms. The van der Waals surface area contributed by atoms with E-state index >= 15 is 0 Å². The number of rotatable bonds is 13. The van der Waals surface area contributed by atoms with Gasteiger partial charge in [-0.15, -0.1) is 0 Å². The Labute approximate surface area is 241 Å². The van der Waals surface area contributed by atoms with E-state index in [0.29, 0.717) is 16.9 Å². The highest BCUT2D eigenvalue weighted by Crippen LogP contribution is 2.69. The van der Waals surface area contributed by atoms with Crippen LogP contribution in [0.3, 0.4) is 0 Å². The summed E-state index contributed by atoms with van der Waals surface area (Å²) >= 11 is 0. The molecule has 0 aromatic rings. The van der Waals surface area contributed by atoms with E-state index < -0.39 is 5.72 Å². The Balaban J connectivity index is 1.13. The van der Waals surface area contributed by atoms with Crippen molar-refractivity contribution >= 4 is 0 Å². The first kappa shape index (κ1) is 30.3. The molecule has 0 amide bonds. The second kappa shape index (κ2) is 12.2. The number of unbranched alkanes of at least 4 members (excludes halogenated alkanes) is 1. The van der Waals surface area contributed by atoms with Gasteiger partial charge in [0.1, 0.15) is 5.72 Å². The Bertz CT molecular complexity index is 804. The van der Waals surface area contributed by atoms with Gasteiger partial charge in [0.15, 0.2) is 0 Å². The van der Waals surface area contributed by atoms with Crippen LogP contribution in [0.4, 0.5) is 0 Å². The van der Waals surface area contributed by atoms with Gasteiger partial charge in [-0.25, -0.2) is 0 Å². The second-order valence-electron chi connectivity index (χ2n) is 15.9. The van der Waals surface area contributed by atoms with E-state index in [4.69, 9.17) is 5.73 Å². The van der Waals surface area contributed by atoms with Crippen molar-refractivity contribution in [1.82, 2.24) is 16.0 Å². The molecular formula is C34H64N4O. The van der Waals surface area contributed by atoms with E-state index in [0.717, 1.165) is 86.5 Å². The largest absolute Gasteiger partial charge is 0.374 e. The maximum atomic E-state index is 10.2. The number of fused-ring (bicyclic) bond motifs is 5. The molecule has 4 aliphatic carbocycles. The minimum atomic E-state index is -0.598. The van der Waals surface area contributed by atoms with Crippen molar-refractivity contribution in [2.75, 3.05) is 26.2 Å². The minimum absolute atomic E-state index is 0.323. The first-order valence-corrected chi connectivity index (χ1v) is 17.2. The van der Waals surface area contributed by atoms with Gasteiger partial charge < -0.3 is 21.5 Å². The summed E-state index contributed by atoms with van der Waals surface area (Å²) < 4.78 is 0. The monoisotopic (exact) mass is 545 g/mol. The maximum Gasteiger partial charge on any atom is 0.129 e. The molecule has 6 N–H and O–H groups in total. The topological polar surface area (TPSA) is 92.2 Å². The van der Waals surface area contributed by atoms with Crippen molar-refractivity contribution < 1.29 is 5.11 Å². The molecule has 0 bridgehead atoms. The summed E-state index contributed by atoms with van der Waals surface area (Å²) in [6.07, 6.45) is 17.5. The zero-order valence-electron chi connectivity index (χ0n) is 26.2. The van der Waals surface area contributed by atoms with Crippen LogP contribution in [0.5, 0.6) is 0 Å². The van der Waals surface area contributed by atoms with Crippen molar-refractivity contribution in [2.45, 2.75) is 136 Å². The fraction of sp³-hybridized carbons (Fsp3) is 1.00. The Kier molecular flexibility index (Phi) is 9.46. The van der Waals surface area contributed by atoms with Crippen molar-refractivity contribution in [3.05, 3.63) is 0 Å². The van der Waals surface area contributed by atoms with Gasteiger partial charge in [-0.2, -0.15) is 0 Å². The van der Waals surface area contributed by atoms with Gasteiger partial charge in [0.25, 0.3) is 0 Å². The first-order valence-electron chi connectivity index (χ1n) is 17.2. The first-order chi connectivity index (χ1) is 18.6. The van der Waals surface area contributed by atoms with Crippen molar-refractivity contribution in [3.63, 3.8) is 0 Å². The molecule has 226 valence electrons. The number of hydrogen-bond acceptors (Lipinski definition) is 5. The summed E-state index contributed by atoms with van der Waals surface area (Å²) in [5.41, 5.74) is 6.10. The Morgan fingerprint density at radius 3 is 2.38 bits per heavy atom. The van der Waals surface area contributed by atoms with Crippen molar-refractivity contribution in [3.8, 4) is 0 Å². The van der Waals surface area contributed by atoms with Gasteiger partial charge >= 0.3 is 0 Å². The fourth-order valence-corrected chi connectivity index (χ4v) is 11.1. The molecule has 1 saturated heterocycles. The van der Waals surface area contributed by atoms with Gasteiger partial charge in [0.2, 0.25) is 0 Å². The lowest BCUT2D eigenvalue weighted by molar-refractivity contribution is -0.140. The molecule has 5 nitrogen and oxygen atoms in total. The van der Waals surface area contributed by atoms with Crippen LogP contribution in [-0.2, 0) is 0 Å². The van der Waals surface area contributed by atoms with E-state index in [1.807, 2.05) is 6.92 Å². The highest BCUT2D eigenvalue weighted by molar-refractivity contribution is 5.11. The van der Waals surface area contributed by atoms with Crippen LogP contribution in [-0.4, -0.2) is 49.1 Å². The Morgan fingerprint density at radius 1 is 0.923 bits per heavy atom. The van der Waals surface area contributed by atoms with E-state index in [-0.39, 0.29) is 0 Å². The second-order valence-corrected chi connectivity index (χ2v) is 15.9. The molecule has 12 atom stereocenters. The predicted octanol–water partition coefficient (Wildman–Crippen LogP) is 5.66. The lowest BCUT2D eigenvalue weighted by Crippen LogP contribution is -2.57. The van der Waals surface area contributed by atoms with Crippen LogP contribution in [0.1, 0.15) is 118 Å². The van der Waals surface area contributed by atoms with E-state index in [1.54, 1.807) is 0 Å². The van der Waals surface area contributed by atoms with Gasteiger partial charge in [-0.3, -0.25) is 5.32 Å². The molecule has 1 heterocycles. The van der Waals surface area contributed by atoms with Gasteiger partial charge in [-0.1, -0.05) is 27.7 Å². The molecule has 5 heteroatoms. The molecule has 5 fully saturated rings. The number of nitrogens with two attached hydrogens (primary N) is 1. The molecule has 1 aliphatic heterocycles. The number of hydrogen-bond donors (Lipinski definition) is 5. The van der Waals surface area contributed by atoms with Crippen molar-refractivity contribution in [2.24, 2.45) is 58.0 Å². The van der Waals surface area contributed by atoms with E-state index in [1.165, 1.54) is 70.6 Å². The smallest absolute Gasteiger partial charge is 0.129 e. The minimum Gasteiger partial charge on any atom is -0.374 e. The zero-order valence-corrected chi connectivity index (χ0v) is 26.2. The maximum absolute atomic E-state index is 10.2. The van der Waals surface area contributed by atoms with E-state index in [2.05, 4.69) is 43.6 Å². The number of nitrogens with one attached hydrogen (secondary N) is 3. The van der Waals surface area contributed by atoms with Crippen LogP contribution in [0.25, 0.3) is 0 Å². The lowest BCUT2D eigenvalue weighted by atomic mass is 9.42. The van der Waals surface area contributed by atoms with Crippen LogP contribution < -0.4 is 21.7 Å². The number of aliphatic hydroxyl groups is 1. The molecule has 5 aliphatic rings. The van der Waals surface area contributed by atoms with Crippen LogP contribution >= 0.6 is 0 Å². The molecule has 4 saturated carbocycles. The summed E-state index contributed by atoms with van der Waals surface area (Å²) in [6.45, 7) is 16.8. The summed E-state index contributed by atoms with van der Waals surface area (Å²) in [5, 5.41) is 21.0. The summed E-state index contributed by atoms with van der Waals surface area (Å²) in [4.78, 5) is 0. The lowest BCUT2D eigenvalue weighted by Gasteiger charge is -2.63. The SMILES string of the molecule is CC1CC2CC(NCCCNCCCCN)CCC2(C)C2CCC3(C)C(C(C)CCC4NC4(C)O)CCC3C12. The van der Waals surface area contributed by atoms with Gasteiger partial charge in [0.05, 0.1) is 6.04 Å². The third-order valence-electron chi connectivity index (χ3n) is 13.5. The van der Waals surface area contributed by atoms with Gasteiger partial charge in [-0.05, 0) is 169 Å². The third kappa shape index (κ3) is 6.14. The highest BCUT2D eigenvalue weighted by atomic mass is 16.3. The van der Waals surface area contributed by atoms with Gasteiger partial charge in [0, 0.05) is 6.04 Å². The van der Waals surface area contributed by atoms with Crippen LogP contribution in [0.2, 0.25) is 0 Å². The van der Waals surface area contributed by atoms with Crippen molar-refractivity contribution in [1.29, 1.82) is 0 Å². The summed E-state index contributed by atoms with van der Waals surface area (Å²) in [5.74, 6) is 6.28. The normalized spacial score (nSPS) is 47.8. The van der Waals surface area contributed by atoms with E-state index in [9.17, 15) is 5.11 Å². The van der Waals surface area contributed by atoms with Crippen LogP contribution in [0.15, 0.2) is 0 Å². The fourth-order valence-electron chi connectivity index (χ4n) is 11.1. The third-order valence-corrected chi connectivity index (χ3v) is 13.5. The summed E-state index contributed by atoms with van der Waals surface area (Å²) in [6, 6.07) is 1.06. The molecule has 5 rings (SSSR count). The van der Waals surface area contributed by atoms with Crippen LogP contribution in [0, 0.1) is 52.3 Å². The molecule has 0 aromatic heterocycles. The zero-order chi connectivity index (χ0) is 27.8. The molecule has 39 heavy (non-hydrogen) atoms. The highest BCUT2D eigenvalue weighted by Gasteiger charge is 2.62. The molecular weight excluding hydrogens is 480 g/mol. The predicted molar refractivity (Wildman–Crippen MR) is 163 cm³/mol. The average Bonchev–Trinajstić information content (AvgIpc) is 3.35.